The third-order valence-corrected chi connectivity index (χ3v) is 3.71. The number of hydrogen-bond donors (Lipinski definition) is 1. The number of ether oxygens (including phenoxy) is 2. The Hall–Kier alpha value is -1.69. The van der Waals surface area contributed by atoms with Crippen LogP contribution in [0.3, 0.4) is 0 Å². The van der Waals surface area contributed by atoms with Crippen LogP contribution in [0, 0.1) is 0 Å². The summed E-state index contributed by atoms with van der Waals surface area (Å²) in [5.41, 5.74) is 0. The van der Waals surface area contributed by atoms with E-state index >= 15 is 0 Å². The molecule has 0 aliphatic rings. The molecule has 1 aromatic carbocycles. The van der Waals surface area contributed by atoms with Gasteiger partial charge in [0, 0.05) is 0 Å². The molecule has 0 aliphatic carbocycles. The molecule has 0 heterocycles. The Bertz CT molecular complexity index is 467. The predicted molar refractivity (Wildman–Crippen MR) is 77.4 cm³/mol. The smallest absolute Gasteiger partial charge is 0.321 e. The number of thioether (sulfide) groups is 1. The molecule has 1 rings (SSSR count). The second-order valence-electron chi connectivity index (χ2n) is 4.48. The average molecular weight is 298 g/mol. The van der Waals surface area contributed by atoms with E-state index in [9.17, 15) is 9.59 Å². The highest BCUT2D eigenvalue weighted by molar-refractivity contribution is 8.01. The first-order valence-electron chi connectivity index (χ1n) is 6.16. The van der Waals surface area contributed by atoms with Gasteiger partial charge in [0.1, 0.15) is 16.2 Å². The number of benzene rings is 1. The molecule has 1 aromatic rings. The summed E-state index contributed by atoms with van der Waals surface area (Å²) in [6.45, 7) is 5.55. The van der Waals surface area contributed by atoms with Crippen molar-refractivity contribution in [3.63, 3.8) is 0 Å². The van der Waals surface area contributed by atoms with Gasteiger partial charge in [-0.05, 0) is 45.0 Å². The lowest BCUT2D eigenvalue weighted by molar-refractivity contribution is -0.138. The molecular weight excluding hydrogens is 280 g/mol. The molecule has 0 aliphatic heterocycles. The first-order chi connectivity index (χ1) is 9.35. The molecule has 110 valence electrons. The summed E-state index contributed by atoms with van der Waals surface area (Å²) in [6.07, 6.45) is 0. The molecule has 0 fully saturated rings. The lowest BCUT2D eigenvalue weighted by Gasteiger charge is -2.17. The quantitative estimate of drug-likeness (QED) is 0.616. The molecule has 5 nitrogen and oxygen atoms in total. The van der Waals surface area contributed by atoms with E-state index in [1.807, 2.05) is 6.92 Å². The average Bonchev–Trinajstić information content (AvgIpc) is 2.39. The summed E-state index contributed by atoms with van der Waals surface area (Å²) >= 11 is 1.03. The first kappa shape index (κ1) is 16.4. The third kappa shape index (κ3) is 5.13. The summed E-state index contributed by atoms with van der Waals surface area (Å²) in [7, 11) is 0. The van der Waals surface area contributed by atoms with Crippen LogP contribution < -0.4 is 9.47 Å². The third-order valence-electron chi connectivity index (χ3n) is 2.43. The SMILES string of the molecule is CCOc1ccc(OC(=O)CSC(C)(C)C(=O)O)cc1. The second-order valence-corrected chi connectivity index (χ2v) is 6.08. The zero-order valence-corrected chi connectivity index (χ0v) is 12.5. The second kappa shape index (κ2) is 7.19. The van der Waals surface area contributed by atoms with E-state index in [1.165, 1.54) is 0 Å². The molecular formula is C14H18O5S. The molecule has 0 spiro atoms. The van der Waals surface area contributed by atoms with Gasteiger partial charge in [-0.3, -0.25) is 9.59 Å². The Morgan fingerprint density at radius 3 is 2.25 bits per heavy atom. The van der Waals surface area contributed by atoms with Crippen molar-refractivity contribution < 1.29 is 24.2 Å². The van der Waals surface area contributed by atoms with E-state index < -0.39 is 16.7 Å². The summed E-state index contributed by atoms with van der Waals surface area (Å²) < 4.78 is 9.37. The van der Waals surface area contributed by atoms with Crippen LogP contribution in [0.1, 0.15) is 20.8 Å². The van der Waals surface area contributed by atoms with Crippen LogP contribution in [0.25, 0.3) is 0 Å². The predicted octanol–water partition coefficient (Wildman–Crippen LogP) is 2.59. The van der Waals surface area contributed by atoms with Crippen molar-refractivity contribution >= 4 is 23.7 Å². The molecule has 0 bridgehead atoms. The van der Waals surface area contributed by atoms with Crippen molar-refractivity contribution in [2.24, 2.45) is 0 Å². The van der Waals surface area contributed by atoms with Crippen LogP contribution in [0.15, 0.2) is 24.3 Å². The Morgan fingerprint density at radius 2 is 1.75 bits per heavy atom. The van der Waals surface area contributed by atoms with Crippen LogP contribution in [-0.4, -0.2) is 34.2 Å². The van der Waals surface area contributed by atoms with E-state index in [-0.39, 0.29) is 5.75 Å². The van der Waals surface area contributed by atoms with Gasteiger partial charge in [-0.2, -0.15) is 0 Å². The Balaban J connectivity index is 2.48. The van der Waals surface area contributed by atoms with Crippen LogP contribution >= 0.6 is 11.8 Å². The maximum Gasteiger partial charge on any atom is 0.321 e. The number of esters is 1. The van der Waals surface area contributed by atoms with Gasteiger partial charge in [-0.25, -0.2) is 0 Å². The number of aliphatic carboxylic acids is 1. The molecule has 20 heavy (non-hydrogen) atoms. The van der Waals surface area contributed by atoms with Crippen molar-refractivity contribution in [3.8, 4) is 11.5 Å². The molecule has 0 radical (unpaired) electrons. The normalized spacial score (nSPS) is 10.9. The van der Waals surface area contributed by atoms with E-state index in [2.05, 4.69) is 0 Å². The molecule has 0 unspecified atom stereocenters. The molecule has 0 aromatic heterocycles. The number of carbonyl (C=O) groups excluding carboxylic acids is 1. The minimum Gasteiger partial charge on any atom is -0.494 e. The van der Waals surface area contributed by atoms with Crippen molar-refractivity contribution in [1.82, 2.24) is 0 Å². The Morgan fingerprint density at radius 1 is 1.20 bits per heavy atom. The first-order valence-corrected chi connectivity index (χ1v) is 7.14. The fourth-order valence-corrected chi connectivity index (χ4v) is 1.89. The summed E-state index contributed by atoms with van der Waals surface area (Å²) in [4.78, 5) is 22.5. The minimum absolute atomic E-state index is 0.0213. The van der Waals surface area contributed by atoms with E-state index in [4.69, 9.17) is 14.6 Å². The van der Waals surface area contributed by atoms with Crippen LogP contribution in [0.2, 0.25) is 0 Å². The van der Waals surface area contributed by atoms with Crippen molar-refractivity contribution in [1.29, 1.82) is 0 Å². The van der Waals surface area contributed by atoms with Crippen molar-refractivity contribution in [2.45, 2.75) is 25.5 Å². The van der Waals surface area contributed by atoms with Crippen LogP contribution in [0.5, 0.6) is 11.5 Å². The topological polar surface area (TPSA) is 72.8 Å². The molecule has 1 N–H and O–H groups in total. The zero-order chi connectivity index (χ0) is 15.2. The highest BCUT2D eigenvalue weighted by Crippen LogP contribution is 2.25. The Labute approximate surface area is 122 Å². The van der Waals surface area contributed by atoms with Crippen LogP contribution in [0.4, 0.5) is 0 Å². The summed E-state index contributed by atoms with van der Waals surface area (Å²) in [5, 5.41) is 8.94. The van der Waals surface area contributed by atoms with Gasteiger partial charge in [0.2, 0.25) is 0 Å². The highest BCUT2D eigenvalue weighted by Gasteiger charge is 2.28. The molecule has 0 saturated heterocycles. The molecule has 0 atom stereocenters. The maximum absolute atomic E-state index is 11.6. The molecule has 0 amide bonds. The van der Waals surface area contributed by atoms with Gasteiger partial charge in [0.25, 0.3) is 0 Å². The van der Waals surface area contributed by atoms with Gasteiger partial charge >= 0.3 is 11.9 Å². The van der Waals surface area contributed by atoms with E-state index in [0.717, 1.165) is 11.8 Å². The van der Waals surface area contributed by atoms with E-state index in [0.29, 0.717) is 18.1 Å². The van der Waals surface area contributed by atoms with Gasteiger partial charge in [0.15, 0.2) is 0 Å². The maximum atomic E-state index is 11.6. The van der Waals surface area contributed by atoms with Gasteiger partial charge in [-0.1, -0.05) is 0 Å². The van der Waals surface area contributed by atoms with Crippen LogP contribution in [-0.2, 0) is 9.59 Å². The van der Waals surface area contributed by atoms with Gasteiger partial charge in [0.05, 0.1) is 12.4 Å². The Kier molecular flexibility index (Phi) is 5.88. The molecule has 6 heteroatoms. The molecule has 0 saturated carbocycles. The number of hydrogen-bond acceptors (Lipinski definition) is 5. The number of rotatable bonds is 7. The lowest BCUT2D eigenvalue weighted by atomic mass is 10.2. The van der Waals surface area contributed by atoms with Gasteiger partial charge in [-0.15, -0.1) is 11.8 Å². The standard InChI is InChI=1S/C14H18O5S/c1-4-18-10-5-7-11(8-6-10)19-12(15)9-20-14(2,3)13(16)17/h5-8H,4,9H2,1-3H3,(H,16,17). The summed E-state index contributed by atoms with van der Waals surface area (Å²) in [5.74, 6) is -0.349. The lowest BCUT2D eigenvalue weighted by Crippen LogP contribution is -2.29. The fraction of sp³-hybridized carbons (Fsp3) is 0.429. The number of carbonyl (C=O) groups is 2. The van der Waals surface area contributed by atoms with Gasteiger partial charge < -0.3 is 14.6 Å². The summed E-state index contributed by atoms with van der Waals surface area (Å²) in [6, 6.07) is 6.69. The number of carboxylic acid groups (broad SMARTS) is 1. The number of carboxylic acids is 1. The highest BCUT2D eigenvalue weighted by atomic mass is 32.2. The zero-order valence-electron chi connectivity index (χ0n) is 11.7. The van der Waals surface area contributed by atoms with Crippen molar-refractivity contribution in [2.75, 3.05) is 12.4 Å². The monoisotopic (exact) mass is 298 g/mol. The van der Waals surface area contributed by atoms with E-state index in [1.54, 1.807) is 38.1 Å². The fourth-order valence-electron chi connectivity index (χ4n) is 1.23. The van der Waals surface area contributed by atoms with Crippen molar-refractivity contribution in [3.05, 3.63) is 24.3 Å². The largest absolute Gasteiger partial charge is 0.494 e. The minimum atomic E-state index is -1.02.